The fraction of sp³-hybridized carbons (Fsp3) is 0.444. The fourth-order valence-electron chi connectivity index (χ4n) is 2.37. The molecule has 1 aliphatic rings. The van der Waals surface area contributed by atoms with Gasteiger partial charge in [-0.3, -0.25) is 0 Å². The molecule has 1 fully saturated rings. The van der Waals surface area contributed by atoms with Gasteiger partial charge in [0.1, 0.15) is 12.4 Å². The van der Waals surface area contributed by atoms with Crippen molar-refractivity contribution in [3.05, 3.63) is 51.2 Å². The lowest BCUT2D eigenvalue weighted by Crippen LogP contribution is -2.16. The molecule has 1 saturated carbocycles. The number of hydrogen-bond donors (Lipinski definition) is 1. The van der Waals surface area contributed by atoms with Gasteiger partial charge in [0, 0.05) is 27.9 Å². The molecule has 1 N–H and O–H groups in total. The number of ether oxygens (including phenoxy) is 1. The van der Waals surface area contributed by atoms with Crippen LogP contribution in [0.25, 0.3) is 0 Å². The normalized spacial score (nSPS) is 14.4. The van der Waals surface area contributed by atoms with Gasteiger partial charge in [-0.1, -0.05) is 24.6 Å². The highest BCUT2D eigenvalue weighted by atomic mass is 32.1. The van der Waals surface area contributed by atoms with E-state index in [1.807, 2.05) is 11.3 Å². The molecule has 1 heterocycles. The van der Waals surface area contributed by atoms with Crippen molar-refractivity contribution < 1.29 is 4.74 Å². The Kier molecular flexibility index (Phi) is 4.61. The van der Waals surface area contributed by atoms with Gasteiger partial charge >= 0.3 is 0 Å². The second-order valence-corrected chi connectivity index (χ2v) is 7.03. The van der Waals surface area contributed by atoms with E-state index in [1.165, 1.54) is 33.7 Å². The summed E-state index contributed by atoms with van der Waals surface area (Å²) in [7, 11) is 0. The maximum absolute atomic E-state index is 6.06. The first kappa shape index (κ1) is 14.6. The van der Waals surface area contributed by atoms with E-state index in [2.05, 4.69) is 49.5 Å². The molecule has 0 saturated heterocycles. The van der Waals surface area contributed by atoms with Crippen molar-refractivity contribution >= 4 is 11.3 Å². The van der Waals surface area contributed by atoms with E-state index >= 15 is 0 Å². The van der Waals surface area contributed by atoms with Crippen LogP contribution in [0.2, 0.25) is 0 Å². The van der Waals surface area contributed by atoms with E-state index in [-0.39, 0.29) is 0 Å². The minimum atomic E-state index is 0.671. The summed E-state index contributed by atoms with van der Waals surface area (Å²) in [6.07, 6.45) is 3.74. The van der Waals surface area contributed by atoms with Crippen molar-refractivity contribution in [3.63, 3.8) is 0 Å². The van der Waals surface area contributed by atoms with Crippen LogP contribution in [0.3, 0.4) is 0 Å². The Morgan fingerprint density at radius 2 is 2.00 bits per heavy atom. The molecule has 0 aliphatic heterocycles. The fourth-order valence-corrected chi connectivity index (χ4v) is 3.24. The summed E-state index contributed by atoms with van der Waals surface area (Å²) in [6.45, 7) is 5.91. The van der Waals surface area contributed by atoms with E-state index in [0.717, 1.165) is 24.8 Å². The minimum Gasteiger partial charge on any atom is -0.488 e. The lowest BCUT2D eigenvalue weighted by molar-refractivity contribution is 0.305. The van der Waals surface area contributed by atoms with Crippen LogP contribution in [-0.2, 0) is 19.6 Å². The Bertz CT molecular complexity index is 601. The molecule has 1 aliphatic carbocycles. The number of hydrogen-bond acceptors (Lipinski definition) is 3. The van der Waals surface area contributed by atoms with E-state index in [1.54, 1.807) is 0 Å². The highest BCUT2D eigenvalue weighted by molar-refractivity contribution is 7.11. The van der Waals surface area contributed by atoms with Gasteiger partial charge in [0.2, 0.25) is 0 Å². The van der Waals surface area contributed by atoms with Gasteiger partial charge in [0.25, 0.3) is 0 Å². The number of rotatable bonds is 7. The van der Waals surface area contributed by atoms with Gasteiger partial charge in [0.15, 0.2) is 0 Å². The molecule has 21 heavy (non-hydrogen) atoms. The zero-order valence-electron chi connectivity index (χ0n) is 12.8. The SMILES string of the molecule is CCc1ccc(COc2ccc(C)cc2CNC2CC2)s1. The van der Waals surface area contributed by atoms with Crippen molar-refractivity contribution in [2.75, 3.05) is 0 Å². The first-order valence-electron chi connectivity index (χ1n) is 7.78. The van der Waals surface area contributed by atoms with Gasteiger partial charge < -0.3 is 10.1 Å². The molecule has 0 bridgehead atoms. The molecule has 0 atom stereocenters. The average Bonchev–Trinajstić information content (AvgIpc) is 3.21. The Morgan fingerprint density at radius 1 is 1.19 bits per heavy atom. The lowest BCUT2D eigenvalue weighted by Gasteiger charge is -2.12. The van der Waals surface area contributed by atoms with Crippen molar-refractivity contribution in [2.45, 2.75) is 52.3 Å². The summed E-state index contributed by atoms with van der Waals surface area (Å²) >= 11 is 1.85. The van der Waals surface area contributed by atoms with Crippen molar-refractivity contribution in [2.24, 2.45) is 0 Å². The van der Waals surface area contributed by atoms with Crippen molar-refractivity contribution in [1.29, 1.82) is 0 Å². The van der Waals surface area contributed by atoms with Crippen LogP contribution in [0.5, 0.6) is 5.75 Å². The minimum absolute atomic E-state index is 0.671. The number of thiophene rings is 1. The topological polar surface area (TPSA) is 21.3 Å². The molecule has 112 valence electrons. The maximum Gasteiger partial charge on any atom is 0.124 e. The first-order chi connectivity index (χ1) is 10.2. The Hall–Kier alpha value is -1.32. The Labute approximate surface area is 131 Å². The largest absolute Gasteiger partial charge is 0.488 e. The summed E-state index contributed by atoms with van der Waals surface area (Å²) in [4.78, 5) is 2.72. The van der Waals surface area contributed by atoms with Crippen molar-refractivity contribution in [1.82, 2.24) is 5.32 Å². The molecule has 0 spiro atoms. The maximum atomic E-state index is 6.06. The Morgan fingerprint density at radius 3 is 2.71 bits per heavy atom. The molecule has 0 amide bonds. The molecule has 1 aromatic heterocycles. The van der Waals surface area contributed by atoms with Crippen LogP contribution in [0.1, 0.15) is 40.6 Å². The predicted octanol–water partition coefficient (Wildman–Crippen LogP) is 4.45. The summed E-state index contributed by atoms with van der Waals surface area (Å²) in [5, 5.41) is 3.57. The molecule has 2 nitrogen and oxygen atoms in total. The molecule has 0 unspecified atom stereocenters. The van der Waals surface area contributed by atoms with Gasteiger partial charge in [-0.2, -0.15) is 0 Å². The molecular formula is C18H23NOS. The van der Waals surface area contributed by atoms with Crippen molar-refractivity contribution in [3.8, 4) is 5.75 Å². The van der Waals surface area contributed by atoms with E-state index < -0.39 is 0 Å². The standard InChI is InChI=1S/C18H23NOS/c1-3-16-7-8-17(21-16)12-20-18-9-4-13(2)10-14(18)11-19-15-5-6-15/h4,7-10,15,19H,3,5-6,11-12H2,1-2H3. The quantitative estimate of drug-likeness (QED) is 0.816. The van der Waals surface area contributed by atoms with Crippen LogP contribution < -0.4 is 10.1 Å². The second kappa shape index (κ2) is 6.63. The smallest absolute Gasteiger partial charge is 0.124 e. The van der Waals surface area contributed by atoms with E-state index in [9.17, 15) is 0 Å². The molecule has 2 aromatic rings. The number of aryl methyl sites for hydroxylation is 2. The number of nitrogens with one attached hydrogen (secondary N) is 1. The number of benzene rings is 1. The second-order valence-electron chi connectivity index (χ2n) is 5.78. The molecule has 3 rings (SSSR count). The summed E-state index contributed by atoms with van der Waals surface area (Å²) in [5.41, 5.74) is 2.56. The molecule has 3 heteroatoms. The van der Waals surface area contributed by atoms with Crippen LogP contribution in [0, 0.1) is 6.92 Å². The monoisotopic (exact) mass is 301 g/mol. The Balaban J connectivity index is 1.65. The molecular weight excluding hydrogens is 278 g/mol. The highest BCUT2D eigenvalue weighted by Crippen LogP contribution is 2.25. The van der Waals surface area contributed by atoms with Crippen LogP contribution in [-0.4, -0.2) is 6.04 Å². The van der Waals surface area contributed by atoms with E-state index in [0.29, 0.717) is 6.61 Å². The summed E-state index contributed by atoms with van der Waals surface area (Å²) in [6, 6.07) is 11.6. The summed E-state index contributed by atoms with van der Waals surface area (Å²) < 4.78 is 6.06. The average molecular weight is 301 g/mol. The predicted molar refractivity (Wildman–Crippen MR) is 89.1 cm³/mol. The van der Waals surface area contributed by atoms with Gasteiger partial charge in [-0.25, -0.2) is 0 Å². The summed E-state index contributed by atoms with van der Waals surface area (Å²) in [5.74, 6) is 1.01. The third-order valence-electron chi connectivity index (χ3n) is 3.81. The van der Waals surface area contributed by atoms with Gasteiger partial charge in [-0.05, 0) is 44.4 Å². The third kappa shape index (κ3) is 4.08. The van der Waals surface area contributed by atoms with Crippen LogP contribution in [0.15, 0.2) is 30.3 Å². The van der Waals surface area contributed by atoms with Crippen LogP contribution >= 0.6 is 11.3 Å². The van der Waals surface area contributed by atoms with Gasteiger partial charge in [-0.15, -0.1) is 11.3 Å². The first-order valence-corrected chi connectivity index (χ1v) is 8.59. The third-order valence-corrected chi connectivity index (χ3v) is 5.01. The highest BCUT2D eigenvalue weighted by Gasteiger charge is 2.20. The van der Waals surface area contributed by atoms with Gasteiger partial charge in [0.05, 0.1) is 0 Å². The molecule has 1 aromatic carbocycles. The lowest BCUT2D eigenvalue weighted by atomic mass is 10.1. The zero-order chi connectivity index (χ0) is 14.7. The van der Waals surface area contributed by atoms with E-state index in [4.69, 9.17) is 4.74 Å². The molecule has 0 radical (unpaired) electrons. The van der Waals surface area contributed by atoms with Crippen LogP contribution in [0.4, 0.5) is 0 Å². The zero-order valence-corrected chi connectivity index (χ0v) is 13.6.